The number of ether oxygens (including phenoxy) is 2. The fourth-order valence-electron chi connectivity index (χ4n) is 6.20. The summed E-state index contributed by atoms with van der Waals surface area (Å²) in [4.78, 5) is 27.1. The fraction of sp³-hybridized carbons (Fsp3) is 0.278. The first-order valence-electron chi connectivity index (χ1n) is 15.6. The zero-order valence-corrected chi connectivity index (χ0v) is 27.6. The summed E-state index contributed by atoms with van der Waals surface area (Å²) >= 11 is 6.03. The summed E-state index contributed by atoms with van der Waals surface area (Å²) < 4.78 is 41.4. The first kappa shape index (κ1) is 33.6. The lowest BCUT2D eigenvalue weighted by molar-refractivity contribution is -0.143. The molecule has 0 spiro atoms. The van der Waals surface area contributed by atoms with Crippen molar-refractivity contribution in [2.45, 2.75) is 29.3 Å². The molecule has 1 heterocycles. The molecule has 4 aromatic carbocycles. The number of rotatable bonds is 13. The van der Waals surface area contributed by atoms with Gasteiger partial charge in [0.25, 0.3) is 0 Å². The standard InChI is InChI=1S/C36H35ClN2O8S/c37-30-11-7-26(8-12-30)27-9-13-32(14-10-27)48(44,45)39(24-25-3-1-5-29(21-25)34(40)41)36(35(42)43)23-33(36)28-4-2-6-31(22-28)47-20-17-38-15-18-46-19-16-38/h1-14,21-22,33H,15-20,23-24H2,(H,40,41)(H,42,43)/t33-,36+/m0/s1. The molecule has 2 N–H and O–H groups in total. The van der Waals surface area contributed by atoms with E-state index in [-0.39, 0.29) is 23.4 Å². The molecule has 12 heteroatoms. The molecule has 250 valence electrons. The lowest BCUT2D eigenvalue weighted by atomic mass is 10.0. The highest BCUT2D eigenvalue weighted by molar-refractivity contribution is 7.89. The Morgan fingerprint density at radius 3 is 2.25 bits per heavy atom. The predicted octanol–water partition coefficient (Wildman–Crippen LogP) is 5.62. The highest BCUT2D eigenvalue weighted by Crippen LogP contribution is 2.58. The second-order valence-electron chi connectivity index (χ2n) is 11.9. The van der Waals surface area contributed by atoms with E-state index in [0.717, 1.165) is 28.5 Å². The third kappa shape index (κ3) is 7.11. The molecular formula is C36H35ClN2O8S. The lowest BCUT2D eigenvalue weighted by Crippen LogP contribution is -2.48. The van der Waals surface area contributed by atoms with Gasteiger partial charge in [-0.1, -0.05) is 60.1 Å². The normalized spacial score (nSPS) is 19.6. The van der Waals surface area contributed by atoms with Crippen LogP contribution in [0.3, 0.4) is 0 Å². The van der Waals surface area contributed by atoms with Crippen LogP contribution in [0.1, 0.15) is 33.8 Å². The first-order valence-corrected chi connectivity index (χ1v) is 17.4. The molecule has 0 radical (unpaired) electrons. The Kier molecular flexibility index (Phi) is 9.86. The van der Waals surface area contributed by atoms with E-state index in [2.05, 4.69) is 4.90 Å². The number of aromatic carboxylic acids is 1. The minimum atomic E-state index is -4.42. The molecule has 10 nitrogen and oxygen atoms in total. The molecule has 2 fully saturated rings. The second-order valence-corrected chi connectivity index (χ2v) is 14.2. The van der Waals surface area contributed by atoms with Crippen LogP contribution in [0.5, 0.6) is 5.75 Å². The molecule has 4 aromatic rings. The largest absolute Gasteiger partial charge is 0.492 e. The Bertz CT molecular complexity index is 1900. The van der Waals surface area contributed by atoms with E-state index >= 15 is 0 Å². The number of halogens is 1. The van der Waals surface area contributed by atoms with Crippen LogP contribution in [-0.2, 0) is 26.1 Å². The minimum Gasteiger partial charge on any atom is -0.492 e. The number of morpholine rings is 1. The lowest BCUT2D eigenvalue weighted by Gasteiger charge is -2.30. The molecule has 1 aliphatic heterocycles. The van der Waals surface area contributed by atoms with Crippen LogP contribution in [0.25, 0.3) is 11.1 Å². The van der Waals surface area contributed by atoms with Crippen LogP contribution in [-0.4, -0.2) is 84.8 Å². The molecule has 0 amide bonds. The summed E-state index contributed by atoms with van der Waals surface area (Å²) in [5, 5.41) is 20.9. The monoisotopic (exact) mass is 690 g/mol. The van der Waals surface area contributed by atoms with E-state index in [1.807, 2.05) is 12.1 Å². The van der Waals surface area contributed by atoms with Crippen LogP contribution < -0.4 is 4.74 Å². The summed E-state index contributed by atoms with van der Waals surface area (Å²) in [6, 6.07) is 26.3. The van der Waals surface area contributed by atoms with E-state index in [9.17, 15) is 28.2 Å². The van der Waals surface area contributed by atoms with Crippen molar-refractivity contribution in [2.75, 3.05) is 39.5 Å². The van der Waals surface area contributed by atoms with Gasteiger partial charge in [-0.05, 0) is 77.2 Å². The Balaban J connectivity index is 1.32. The van der Waals surface area contributed by atoms with Crippen molar-refractivity contribution < 1.29 is 37.7 Å². The summed E-state index contributed by atoms with van der Waals surface area (Å²) in [5.41, 5.74) is 0.729. The Morgan fingerprint density at radius 1 is 0.917 bits per heavy atom. The maximum atomic E-state index is 14.5. The molecule has 0 bridgehead atoms. The van der Waals surface area contributed by atoms with Crippen LogP contribution in [0.2, 0.25) is 5.02 Å². The van der Waals surface area contributed by atoms with E-state index in [4.69, 9.17) is 21.1 Å². The summed E-state index contributed by atoms with van der Waals surface area (Å²) in [6.45, 7) is 3.83. The van der Waals surface area contributed by atoms with Gasteiger partial charge in [0, 0.05) is 37.1 Å². The third-order valence-electron chi connectivity index (χ3n) is 8.91. The highest BCUT2D eigenvalue weighted by atomic mass is 35.5. The topological polar surface area (TPSA) is 134 Å². The van der Waals surface area contributed by atoms with Gasteiger partial charge in [0.2, 0.25) is 10.0 Å². The molecule has 2 aliphatic rings. The van der Waals surface area contributed by atoms with Crippen molar-refractivity contribution in [3.63, 3.8) is 0 Å². The quantitative estimate of drug-likeness (QED) is 0.183. The molecule has 1 saturated heterocycles. The van der Waals surface area contributed by atoms with E-state index in [1.54, 1.807) is 54.6 Å². The molecular weight excluding hydrogens is 656 g/mol. The number of hydrogen-bond donors (Lipinski definition) is 2. The molecule has 48 heavy (non-hydrogen) atoms. The number of nitrogens with zero attached hydrogens (tertiary/aromatic N) is 2. The summed E-state index contributed by atoms with van der Waals surface area (Å²) in [6.07, 6.45) is 0.0280. The maximum absolute atomic E-state index is 14.5. The average molecular weight is 691 g/mol. The van der Waals surface area contributed by atoms with Gasteiger partial charge in [-0.3, -0.25) is 9.69 Å². The smallest absolute Gasteiger partial charge is 0.335 e. The predicted molar refractivity (Wildman–Crippen MR) is 180 cm³/mol. The molecule has 0 unspecified atom stereocenters. The van der Waals surface area contributed by atoms with E-state index < -0.39 is 33.4 Å². The van der Waals surface area contributed by atoms with E-state index in [1.165, 1.54) is 30.3 Å². The number of carboxylic acids is 2. The van der Waals surface area contributed by atoms with Crippen molar-refractivity contribution >= 4 is 33.6 Å². The maximum Gasteiger partial charge on any atom is 0.335 e. The van der Waals surface area contributed by atoms with Crippen LogP contribution in [0, 0.1) is 0 Å². The van der Waals surface area contributed by atoms with Crippen molar-refractivity contribution in [3.8, 4) is 16.9 Å². The third-order valence-corrected chi connectivity index (χ3v) is 11.1. The fourth-order valence-corrected chi connectivity index (χ4v) is 8.09. The van der Waals surface area contributed by atoms with Crippen molar-refractivity contribution in [1.29, 1.82) is 0 Å². The van der Waals surface area contributed by atoms with Gasteiger partial charge in [-0.2, -0.15) is 4.31 Å². The minimum absolute atomic E-state index is 0.0280. The number of sulfonamides is 1. The molecule has 0 aromatic heterocycles. The summed E-state index contributed by atoms with van der Waals surface area (Å²) in [7, 11) is -4.42. The molecule has 6 rings (SSSR count). The van der Waals surface area contributed by atoms with Crippen molar-refractivity contribution in [3.05, 3.63) is 119 Å². The number of carbonyl (C=O) groups is 2. The van der Waals surface area contributed by atoms with Crippen LogP contribution in [0.15, 0.2) is 102 Å². The van der Waals surface area contributed by atoms with Gasteiger partial charge >= 0.3 is 11.9 Å². The first-order chi connectivity index (χ1) is 23.1. The Hall–Kier alpha value is -4.26. The highest BCUT2D eigenvalue weighted by Gasteiger charge is 2.68. The van der Waals surface area contributed by atoms with Gasteiger partial charge in [0.1, 0.15) is 17.9 Å². The number of carboxylic acid groups (broad SMARTS) is 2. The van der Waals surface area contributed by atoms with Gasteiger partial charge in [0.15, 0.2) is 0 Å². The SMILES string of the molecule is O=C(O)c1cccc(CN([C@]2(C(=O)O)C[C@H]2c2cccc(OCCN3CCOCC3)c2)S(=O)(=O)c2ccc(-c3ccc(Cl)cc3)cc2)c1. The van der Waals surface area contributed by atoms with Gasteiger partial charge < -0.3 is 19.7 Å². The Morgan fingerprint density at radius 2 is 1.58 bits per heavy atom. The number of aliphatic carboxylic acids is 1. The number of benzene rings is 4. The zero-order valence-electron chi connectivity index (χ0n) is 26.0. The van der Waals surface area contributed by atoms with Crippen LogP contribution >= 0.6 is 11.6 Å². The van der Waals surface area contributed by atoms with Crippen molar-refractivity contribution in [2.24, 2.45) is 0 Å². The van der Waals surface area contributed by atoms with Crippen LogP contribution in [0.4, 0.5) is 0 Å². The van der Waals surface area contributed by atoms with Crippen molar-refractivity contribution in [1.82, 2.24) is 9.21 Å². The van der Waals surface area contributed by atoms with Gasteiger partial charge in [-0.15, -0.1) is 0 Å². The van der Waals surface area contributed by atoms with Gasteiger partial charge in [0.05, 0.1) is 23.7 Å². The summed E-state index contributed by atoms with van der Waals surface area (Å²) in [5.74, 6) is -2.58. The van der Waals surface area contributed by atoms with E-state index in [0.29, 0.717) is 48.3 Å². The van der Waals surface area contributed by atoms with Gasteiger partial charge in [-0.25, -0.2) is 13.2 Å². The molecule has 1 aliphatic carbocycles. The number of hydrogen-bond acceptors (Lipinski definition) is 7. The second kappa shape index (κ2) is 14.1. The molecule has 2 atom stereocenters. The molecule has 1 saturated carbocycles. The Labute approximate surface area is 284 Å². The average Bonchev–Trinajstić information content (AvgIpc) is 3.85. The zero-order chi connectivity index (χ0) is 33.9.